The number of aryl methyl sites for hydroxylation is 2. The Kier molecular flexibility index (Phi) is 5.17. The highest BCUT2D eigenvalue weighted by Crippen LogP contribution is 2.30. The molecule has 0 aliphatic heterocycles. The monoisotopic (exact) mass is 306 g/mol. The van der Waals surface area contributed by atoms with Gasteiger partial charge in [-0.1, -0.05) is 6.92 Å². The summed E-state index contributed by atoms with van der Waals surface area (Å²) in [6.07, 6.45) is 1.91. The van der Waals surface area contributed by atoms with Crippen molar-refractivity contribution < 1.29 is 0 Å². The fraction of sp³-hybridized carbons (Fsp3) is 0.571. The van der Waals surface area contributed by atoms with Crippen LogP contribution in [0.3, 0.4) is 0 Å². The Morgan fingerprint density at radius 3 is 2.48 bits per heavy atom. The third kappa shape index (κ3) is 3.53. The summed E-state index contributed by atoms with van der Waals surface area (Å²) >= 11 is 1.54. The molecular formula is C14H22N6S. The summed E-state index contributed by atoms with van der Waals surface area (Å²) in [5.41, 5.74) is 1.06. The van der Waals surface area contributed by atoms with E-state index in [1.165, 1.54) is 11.8 Å². The molecule has 2 aromatic rings. The van der Waals surface area contributed by atoms with E-state index >= 15 is 0 Å². The van der Waals surface area contributed by atoms with E-state index in [9.17, 15) is 0 Å². The number of hydrogen-bond donors (Lipinski definition) is 1. The largest absolute Gasteiger partial charge is 0.370 e. The Labute approximate surface area is 129 Å². The average molecular weight is 306 g/mol. The number of hydrogen-bond acceptors (Lipinski definition) is 6. The molecule has 0 saturated carbocycles. The van der Waals surface area contributed by atoms with Crippen LogP contribution in [0.4, 0.5) is 5.82 Å². The molecule has 0 aliphatic carbocycles. The van der Waals surface area contributed by atoms with Gasteiger partial charge in [0.1, 0.15) is 22.5 Å². The summed E-state index contributed by atoms with van der Waals surface area (Å²) in [5, 5.41) is 13.4. The molecule has 2 rings (SSSR count). The van der Waals surface area contributed by atoms with Crippen LogP contribution in [0.1, 0.15) is 37.5 Å². The van der Waals surface area contributed by atoms with Crippen molar-refractivity contribution in [3.63, 3.8) is 0 Å². The highest BCUT2D eigenvalue weighted by Gasteiger charge is 2.15. The van der Waals surface area contributed by atoms with Gasteiger partial charge in [0, 0.05) is 25.6 Å². The summed E-state index contributed by atoms with van der Waals surface area (Å²) in [7, 11) is 1.96. The van der Waals surface area contributed by atoms with Crippen molar-refractivity contribution in [2.45, 2.75) is 50.7 Å². The van der Waals surface area contributed by atoms with Crippen LogP contribution in [-0.4, -0.2) is 31.3 Å². The van der Waals surface area contributed by atoms with Crippen molar-refractivity contribution in [1.82, 2.24) is 24.7 Å². The maximum Gasteiger partial charge on any atom is 0.197 e. The Hall–Kier alpha value is -1.63. The van der Waals surface area contributed by atoms with Crippen LogP contribution in [0.25, 0.3) is 0 Å². The van der Waals surface area contributed by atoms with Crippen LogP contribution in [-0.2, 0) is 13.5 Å². The molecular weight excluding hydrogens is 284 g/mol. The zero-order valence-corrected chi connectivity index (χ0v) is 14.1. The first-order valence-electron chi connectivity index (χ1n) is 7.22. The second-order valence-electron chi connectivity index (χ2n) is 4.89. The molecule has 0 atom stereocenters. The van der Waals surface area contributed by atoms with Crippen molar-refractivity contribution in [2.75, 3.05) is 11.9 Å². The topological polar surface area (TPSA) is 68.5 Å². The van der Waals surface area contributed by atoms with Gasteiger partial charge in [0.2, 0.25) is 0 Å². The van der Waals surface area contributed by atoms with Gasteiger partial charge in [-0.15, -0.1) is 10.2 Å². The maximum absolute atomic E-state index is 4.68. The summed E-state index contributed by atoms with van der Waals surface area (Å²) in [4.78, 5) is 9.28. The second kappa shape index (κ2) is 6.89. The number of nitrogens with one attached hydrogen (secondary N) is 1. The fourth-order valence-electron chi connectivity index (χ4n) is 1.88. The van der Waals surface area contributed by atoms with Gasteiger partial charge in [-0.3, -0.25) is 0 Å². The number of anilines is 1. The minimum atomic E-state index is 0.844. The van der Waals surface area contributed by atoms with E-state index in [-0.39, 0.29) is 0 Å². The molecule has 0 fully saturated rings. The van der Waals surface area contributed by atoms with Crippen LogP contribution in [0.5, 0.6) is 0 Å². The van der Waals surface area contributed by atoms with Crippen molar-refractivity contribution in [1.29, 1.82) is 0 Å². The lowest BCUT2D eigenvalue weighted by Crippen LogP contribution is -2.08. The number of rotatable bonds is 6. The lowest BCUT2D eigenvalue weighted by atomic mass is 10.3. The highest BCUT2D eigenvalue weighted by molar-refractivity contribution is 7.99. The average Bonchev–Trinajstić information content (AvgIpc) is 2.76. The minimum Gasteiger partial charge on any atom is -0.370 e. The van der Waals surface area contributed by atoms with Gasteiger partial charge >= 0.3 is 0 Å². The zero-order chi connectivity index (χ0) is 15.4. The first-order chi connectivity index (χ1) is 10.1. The van der Waals surface area contributed by atoms with Gasteiger partial charge in [0.05, 0.1) is 0 Å². The molecule has 0 spiro atoms. The van der Waals surface area contributed by atoms with E-state index < -0.39 is 0 Å². The van der Waals surface area contributed by atoms with Gasteiger partial charge in [-0.05, 0) is 39.0 Å². The Morgan fingerprint density at radius 2 is 1.90 bits per heavy atom. The van der Waals surface area contributed by atoms with Crippen LogP contribution in [0.2, 0.25) is 0 Å². The fourth-order valence-corrected chi connectivity index (χ4v) is 2.80. The van der Waals surface area contributed by atoms with E-state index in [0.717, 1.165) is 52.6 Å². The molecule has 21 heavy (non-hydrogen) atoms. The van der Waals surface area contributed by atoms with E-state index in [1.807, 2.05) is 25.5 Å². The summed E-state index contributed by atoms with van der Waals surface area (Å²) in [5.74, 6) is 2.68. The van der Waals surface area contributed by atoms with Crippen molar-refractivity contribution in [2.24, 2.45) is 7.05 Å². The SMILES string of the molecule is CCCc1nc(NCC)c(C)c(Sc2nnc(C)n2C)n1. The van der Waals surface area contributed by atoms with E-state index in [4.69, 9.17) is 0 Å². The zero-order valence-electron chi connectivity index (χ0n) is 13.3. The lowest BCUT2D eigenvalue weighted by molar-refractivity contribution is 0.760. The summed E-state index contributed by atoms with van der Waals surface area (Å²) < 4.78 is 1.97. The van der Waals surface area contributed by atoms with Crippen LogP contribution >= 0.6 is 11.8 Å². The lowest BCUT2D eigenvalue weighted by Gasteiger charge is -2.12. The quantitative estimate of drug-likeness (QED) is 0.828. The number of aromatic nitrogens is 5. The molecule has 0 bridgehead atoms. The van der Waals surface area contributed by atoms with Crippen molar-refractivity contribution in [3.05, 3.63) is 17.2 Å². The van der Waals surface area contributed by atoms with Crippen molar-refractivity contribution >= 4 is 17.6 Å². The summed E-state index contributed by atoms with van der Waals surface area (Å²) in [6, 6.07) is 0. The van der Waals surface area contributed by atoms with Gasteiger partial charge in [-0.2, -0.15) is 0 Å². The standard InChI is InChI=1S/C14H22N6S/c1-6-8-11-16-12(15-7-2)9(3)13(17-11)21-14-19-18-10(4)20(14)5/h6-8H2,1-5H3,(H,15,16,17). The molecule has 1 N–H and O–H groups in total. The Balaban J connectivity index is 2.38. The first kappa shape index (κ1) is 15.8. The van der Waals surface area contributed by atoms with Gasteiger partial charge in [0.15, 0.2) is 5.16 Å². The van der Waals surface area contributed by atoms with Gasteiger partial charge in [-0.25, -0.2) is 9.97 Å². The molecule has 7 heteroatoms. The third-order valence-electron chi connectivity index (χ3n) is 3.21. The molecule has 0 unspecified atom stereocenters. The van der Waals surface area contributed by atoms with Gasteiger partial charge < -0.3 is 9.88 Å². The maximum atomic E-state index is 4.68. The summed E-state index contributed by atoms with van der Waals surface area (Å²) in [6.45, 7) is 9.03. The molecule has 0 radical (unpaired) electrons. The molecule has 2 heterocycles. The normalized spacial score (nSPS) is 10.9. The predicted molar refractivity (Wildman–Crippen MR) is 84.8 cm³/mol. The molecule has 0 amide bonds. The van der Waals surface area contributed by atoms with Crippen LogP contribution in [0.15, 0.2) is 10.2 Å². The second-order valence-corrected chi connectivity index (χ2v) is 5.85. The van der Waals surface area contributed by atoms with E-state index in [1.54, 1.807) is 0 Å². The highest BCUT2D eigenvalue weighted by atomic mass is 32.2. The first-order valence-corrected chi connectivity index (χ1v) is 8.03. The van der Waals surface area contributed by atoms with E-state index in [2.05, 4.69) is 39.3 Å². The smallest absolute Gasteiger partial charge is 0.197 e. The molecule has 0 aromatic carbocycles. The number of nitrogens with zero attached hydrogens (tertiary/aromatic N) is 5. The van der Waals surface area contributed by atoms with Crippen molar-refractivity contribution in [3.8, 4) is 0 Å². The molecule has 6 nitrogen and oxygen atoms in total. The Bertz CT molecular complexity index is 622. The molecule has 0 saturated heterocycles. The molecule has 0 aliphatic rings. The van der Waals surface area contributed by atoms with Crippen LogP contribution in [0, 0.1) is 13.8 Å². The Morgan fingerprint density at radius 1 is 1.14 bits per heavy atom. The van der Waals surface area contributed by atoms with Gasteiger partial charge in [0.25, 0.3) is 0 Å². The predicted octanol–water partition coefficient (Wildman–Crippen LogP) is 2.76. The van der Waals surface area contributed by atoms with Crippen LogP contribution < -0.4 is 5.32 Å². The molecule has 114 valence electrons. The van der Waals surface area contributed by atoms with E-state index in [0.29, 0.717) is 0 Å². The third-order valence-corrected chi connectivity index (χ3v) is 4.33. The molecule has 2 aromatic heterocycles. The minimum absolute atomic E-state index is 0.844.